The van der Waals surface area contributed by atoms with Crippen LogP contribution in [0.1, 0.15) is 45.7 Å². The highest BCUT2D eigenvalue weighted by atomic mass is 32.2. The Morgan fingerprint density at radius 1 is 0.862 bits per heavy atom. The van der Waals surface area contributed by atoms with Crippen molar-refractivity contribution in [2.24, 2.45) is 0 Å². The van der Waals surface area contributed by atoms with Gasteiger partial charge in [-0.15, -0.1) is 0 Å². The van der Waals surface area contributed by atoms with Crippen molar-refractivity contribution in [1.82, 2.24) is 4.90 Å². The number of likely N-dealkylation sites (N-methyl/N-ethyl adjacent to an activating group) is 1. The standard InChI is InChI=1S/C22H24N2O4S/c1-5-24(6-2)19-20(25)17-9-7-8-10-18(17)21(26)22(19)29(27,28)23-16-12-11-14(3)15(4)13-16/h7-13,23H,5-6H2,1-4H3. The number of nitrogens with zero attached hydrogens (tertiary/aromatic N) is 1. The maximum absolute atomic E-state index is 13.3. The fourth-order valence-corrected chi connectivity index (χ4v) is 4.80. The molecule has 0 heterocycles. The van der Waals surface area contributed by atoms with Gasteiger partial charge in [-0.3, -0.25) is 14.3 Å². The van der Waals surface area contributed by atoms with Gasteiger partial charge in [-0.25, -0.2) is 8.42 Å². The lowest BCUT2D eigenvalue weighted by Crippen LogP contribution is -2.37. The van der Waals surface area contributed by atoms with Crippen LogP contribution in [0.4, 0.5) is 5.69 Å². The maximum atomic E-state index is 13.3. The molecule has 0 unspecified atom stereocenters. The molecule has 2 aromatic carbocycles. The Morgan fingerprint density at radius 3 is 2.00 bits per heavy atom. The number of fused-ring (bicyclic) bond motifs is 1. The highest BCUT2D eigenvalue weighted by molar-refractivity contribution is 7.97. The lowest BCUT2D eigenvalue weighted by atomic mass is 9.92. The smallest absolute Gasteiger partial charge is 0.268 e. The van der Waals surface area contributed by atoms with E-state index >= 15 is 0 Å². The van der Waals surface area contributed by atoms with Crippen molar-refractivity contribution < 1.29 is 18.0 Å². The van der Waals surface area contributed by atoms with E-state index in [9.17, 15) is 18.0 Å². The van der Waals surface area contributed by atoms with E-state index < -0.39 is 26.5 Å². The van der Waals surface area contributed by atoms with E-state index in [4.69, 9.17) is 0 Å². The highest BCUT2D eigenvalue weighted by Gasteiger charge is 2.41. The molecule has 1 N–H and O–H groups in total. The van der Waals surface area contributed by atoms with Crippen molar-refractivity contribution in [3.05, 3.63) is 75.3 Å². The molecule has 0 saturated heterocycles. The Hall–Kier alpha value is -2.93. The van der Waals surface area contributed by atoms with Crippen molar-refractivity contribution in [3.63, 3.8) is 0 Å². The van der Waals surface area contributed by atoms with E-state index in [2.05, 4.69) is 4.72 Å². The van der Waals surface area contributed by atoms with Gasteiger partial charge in [-0.1, -0.05) is 30.3 Å². The van der Waals surface area contributed by atoms with Crippen molar-refractivity contribution in [3.8, 4) is 0 Å². The van der Waals surface area contributed by atoms with Gasteiger partial charge in [0.25, 0.3) is 10.0 Å². The molecule has 0 amide bonds. The molecule has 0 fully saturated rings. The van der Waals surface area contributed by atoms with Crippen LogP contribution in [0.25, 0.3) is 0 Å². The Morgan fingerprint density at radius 2 is 1.45 bits per heavy atom. The van der Waals surface area contributed by atoms with E-state index in [1.807, 2.05) is 27.7 Å². The first-order valence-corrected chi connectivity index (χ1v) is 11.0. The molecule has 0 radical (unpaired) electrons. The van der Waals surface area contributed by atoms with E-state index in [1.165, 1.54) is 6.07 Å². The second kappa shape index (κ2) is 7.83. The molecule has 7 heteroatoms. The van der Waals surface area contributed by atoms with Crippen LogP contribution in [0.15, 0.2) is 53.1 Å². The minimum absolute atomic E-state index is 0.0740. The molecular weight excluding hydrogens is 388 g/mol. The average Bonchev–Trinajstić information content (AvgIpc) is 2.69. The average molecular weight is 413 g/mol. The number of allylic oxidation sites excluding steroid dienone is 2. The Labute approximate surface area is 171 Å². The molecule has 6 nitrogen and oxygen atoms in total. The Kier molecular flexibility index (Phi) is 5.61. The molecule has 0 atom stereocenters. The molecule has 29 heavy (non-hydrogen) atoms. The molecule has 0 aliphatic heterocycles. The van der Waals surface area contributed by atoms with Gasteiger partial charge in [0, 0.05) is 29.9 Å². The number of hydrogen-bond acceptors (Lipinski definition) is 5. The topological polar surface area (TPSA) is 83.6 Å². The summed E-state index contributed by atoms with van der Waals surface area (Å²) in [5.41, 5.74) is 2.54. The molecule has 152 valence electrons. The summed E-state index contributed by atoms with van der Waals surface area (Å²) in [7, 11) is -4.29. The number of rotatable bonds is 6. The van der Waals surface area contributed by atoms with Crippen LogP contribution in [0.3, 0.4) is 0 Å². The molecule has 0 aromatic heterocycles. The highest BCUT2D eigenvalue weighted by Crippen LogP contribution is 2.32. The van der Waals surface area contributed by atoms with Gasteiger partial charge >= 0.3 is 0 Å². The normalized spacial score (nSPS) is 14.1. The summed E-state index contributed by atoms with van der Waals surface area (Å²) in [4.78, 5) is 27.5. The van der Waals surface area contributed by atoms with Gasteiger partial charge in [0.15, 0.2) is 4.91 Å². The predicted molar refractivity (Wildman–Crippen MR) is 114 cm³/mol. The first kappa shape index (κ1) is 20.8. The third-order valence-electron chi connectivity index (χ3n) is 5.16. The van der Waals surface area contributed by atoms with Gasteiger partial charge in [0.2, 0.25) is 11.6 Å². The Balaban J connectivity index is 2.20. The minimum Gasteiger partial charge on any atom is -0.368 e. The zero-order valence-corrected chi connectivity index (χ0v) is 17.8. The number of sulfonamides is 1. The predicted octanol–water partition coefficient (Wildman–Crippen LogP) is 3.68. The quantitative estimate of drug-likeness (QED) is 0.783. The van der Waals surface area contributed by atoms with Crippen LogP contribution in [-0.2, 0) is 10.0 Å². The third kappa shape index (κ3) is 3.70. The maximum Gasteiger partial charge on any atom is 0.268 e. The van der Waals surface area contributed by atoms with Crippen LogP contribution in [0.5, 0.6) is 0 Å². The number of ketones is 2. The summed E-state index contributed by atoms with van der Waals surface area (Å²) >= 11 is 0. The van der Waals surface area contributed by atoms with Crippen molar-refractivity contribution >= 4 is 27.3 Å². The SMILES string of the molecule is CCN(CC)C1=C(S(=O)(=O)Nc2ccc(C)c(C)c2)C(=O)c2ccccc2C1=O. The molecule has 1 aliphatic rings. The zero-order valence-electron chi connectivity index (χ0n) is 16.9. The van der Waals surface area contributed by atoms with E-state index in [-0.39, 0.29) is 16.8 Å². The number of carbonyl (C=O) groups excluding carboxylic acids is 2. The summed E-state index contributed by atoms with van der Waals surface area (Å²) in [6.07, 6.45) is 0. The fourth-order valence-electron chi connectivity index (χ4n) is 3.43. The van der Waals surface area contributed by atoms with E-state index in [0.717, 1.165) is 11.1 Å². The first-order valence-electron chi connectivity index (χ1n) is 9.49. The monoisotopic (exact) mass is 412 g/mol. The van der Waals surface area contributed by atoms with Crippen molar-refractivity contribution in [2.75, 3.05) is 17.8 Å². The third-order valence-corrected chi connectivity index (χ3v) is 6.58. The first-order chi connectivity index (χ1) is 13.7. The molecule has 3 rings (SSSR count). The number of carbonyl (C=O) groups is 2. The summed E-state index contributed by atoms with van der Waals surface area (Å²) in [5, 5.41) is 0. The largest absolute Gasteiger partial charge is 0.368 e. The number of anilines is 1. The lowest BCUT2D eigenvalue weighted by molar-refractivity contribution is 0.0949. The van der Waals surface area contributed by atoms with Crippen LogP contribution in [0.2, 0.25) is 0 Å². The van der Waals surface area contributed by atoms with Gasteiger partial charge in [-0.2, -0.15) is 0 Å². The lowest BCUT2D eigenvalue weighted by Gasteiger charge is -2.29. The van der Waals surface area contributed by atoms with Crippen LogP contribution in [0, 0.1) is 13.8 Å². The van der Waals surface area contributed by atoms with Crippen molar-refractivity contribution in [2.45, 2.75) is 27.7 Å². The molecule has 0 bridgehead atoms. The number of aryl methyl sites for hydroxylation is 2. The van der Waals surface area contributed by atoms with Crippen LogP contribution in [-0.4, -0.2) is 38.0 Å². The van der Waals surface area contributed by atoms with E-state index in [0.29, 0.717) is 18.8 Å². The van der Waals surface area contributed by atoms with Gasteiger partial charge < -0.3 is 4.90 Å². The molecular formula is C22H24N2O4S. The van der Waals surface area contributed by atoms with Crippen LogP contribution < -0.4 is 4.72 Å². The fraction of sp³-hybridized carbons (Fsp3) is 0.273. The summed E-state index contributed by atoms with van der Waals surface area (Å²) < 4.78 is 29.1. The van der Waals surface area contributed by atoms with Gasteiger partial charge in [-0.05, 0) is 51.0 Å². The second-order valence-electron chi connectivity index (χ2n) is 6.96. The second-order valence-corrected chi connectivity index (χ2v) is 8.58. The Bertz CT molecular complexity index is 1130. The number of hydrogen-bond donors (Lipinski definition) is 1. The summed E-state index contributed by atoms with van der Waals surface area (Å²) in [6.45, 7) is 8.23. The summed E-state index contributed by atoms with van der Waals surface area (Å²) in [6, 6.07) is 11.5. The molecule has 0 spiro atoms. The molecule has 1 aliphatic carbocycles. The molecule has 0 saturated carbocycles. The van der Waals surface area contributed by atoms with Crippen molar-refractivity contribution in [1.29, 1.82) is 0 Å². The number of nitrogens with one attached hydrogen (secondary N) is 1. The number of benzene rings is 2. The summed E-state index contributed by atoms with van der Waals surface area (Å²) in [5.74, 6) is -1.12. The van der Waals surface area contributed by atoms with Gasteiger partial charge in [0.1, 0.15) is 5.70 Å². The molecule has 2 aromatic rings. The zero-order chi connectivity index (χ0) is 21.3. The van der Waals surface area contributed by atoms with Crippen LogP contribution >= 0.6 is 0 Å². The van der Waals surface area contributed by atoms with E-state index in [1.54, 1.807) is 41.3 Å². The minimum atomic E-state index is -4.29. The number of Topliss-reactive ketones (excluding diaryl/α,β-unsaturated/α-hetero) is 2. The van der Waals surface area contributed by atoms with Gasteiger partial charge in [0.05, 0.1) is 0 Å².